The molecule has 112 valence electrons. The molecule has 0 aliphatic heterocycles. The van der Waals surface area contributed by atoms with E-state index in [1.54, 1.807) is 27.7 Å². The van der Waals surface area contributed by atoms with E-state index in [0.717, 1.165) is 0 Å². The van der Waals surface area contributed by atoms with Crippen molar-refractivity contribution >= 4 is 0 Å². The van der Waals surface area contributed by atoms with E-state index in [1.165, 1.54) is 6.92 Å². The first-order valence-electron chi connectivity index (χ1n) is 6.42. The number of hydrogen-bond acceptors (Lipinski definition) is 3. The van der Waals surface area contributed by atoms with Crippen molar-refractivity contribution in [2.75, 3.05) is 0 Å². The molecule has 0 saturated carbocycles. The SMILES string of the molecule is C=C(NC(C)(O)OC(C)(C)C)/C(F)=C(\C)C(C)(C)C. The lowest BCUT2D eigenvalue weighted by molar-refractivity contribution is -0.254. The zero-order valence-electron chi connectivity index (χ0n) is 13.4. The molecule has 0 aromatic heterocycles. The van der Waals surface area contributed by atoms with Crippen LogP contribution >= 0.6 is 0 Å². The van der Waals surface area contributed by atoms with E-state index in [-0.39, 0.29) is 11.1 Å². The number of ether oxygens (including phenoxy) is 1. The van der Waals surface area contributed by atoms with Crippen LogP contribution in [-0.4, -0.2) is 16.6 Å². The van der Waals surface area contributed by atoms with E-state index >= 15 is 0 Å². The van der Waals surface area contributed by atoms with Crippen LogP contribution in [0.5, 0.6) is 0 Å². The Bertz CT molecular complexity index is 371. The van der Waals surface area contributed by atoms with Gasteiger partial charge in [-0.2, -0.15) is 0 Å². The maximum absolute atomic E-state index is 14.2. The highest BCUT2D eigenvalue weighted by Crippen LogP contribution is 2.30. The van der Waals surface area contributed by atoms with Crippen LogP contribution < -0.4 is 5.32 Å². The molecule has 0 spiro atoms. The maximum Gasteiger partial charge on any atom is 0.244 e. The summed E-state index contributed by atoms with van der Waals surface area (Å²) in [4.78, 5) is 0. The van der Waals surface area contributed by atoms with Crippen LogP contribution in [0.4, 0.5) is 4.39 Å². The Labute approximate surface area is 116 Å². The van der Waals surface area contributed by atoms with Gasteiger partial charge in [0.15, 0.2) is 0 Å². The van der Waals surface area contributed by atoms with Gasteiger partial charge in [-0.05, 0) is 38.7 Å². The molecular formula is C15H28FNO2. The van der Waals surface area contributed by atoms with Crippen LogP contribution in [-0.2, 0) is 4.74 Å². The van der Waals surface area contributed by atoms with E-state index in [4.69, 9.17) is 4.74 Å². The maximum atomic E-state index is 14.2. The summed E-state index contributed by atoms with van der Waals surface area (Å²) in [5.41, 5.74) is -0.278. The van der Waals surface area contributed by atoms with Crippen molar-refractivity contribution in [2.24, 2.45) is 5.41 Å². The van der Waals surface area contributed by atoms with E-state index in [0.29, 0.717) is 5.57 Å². The summed E-state index contributed by atoms with van der Waals surface area (Å²) in [6, 6.07) is 0. The summed E-state index contributed by atoms with van der Waals surface area (Å²) in [6.45, 7) is 17.9. The molecule has 0 aromatic carbocycles. The Balaban J connectivity index is 4.98. The minimum absolute atomic E-state index is 0.0154. The molecule has 0 fully saturated rings. The Morgan fingerprint density at radius 3 is 1.84 bits per heavy atom. The molecule has 0 heterocycles. The predicted octanol–water partition coefficient (Wildman–Crippen LogP) is 3.86. The van der Waals surface area contributed by atoms with Crippen molar-refractivity contribution in [1.29, 1.82) is 0 Å². The first kappa shape index (κ1) is 18.1. The Hall–Kier alpha value is -0.870. The van der Waals surface area contributed by atoms with Crippen molar-refractivity contribution in [1.82, 2.24) is 5.32 Å². The number of rotatable bonds is 4. The number of allylic oxidation sites excluding steroid dienone is 2. The summed E-state index contributed by atoms with van der Waals surface area (Å²) in [6.07, 6.45) is 0. The summed E-state index contributed by atoms with van der Waals surface area (Å²) in [7, 11) is 0. The summed E-state index contributed by atoms with van der Waals surface area (Å²) in [5.74, 6) is -2.13. The third-order valence-electron chi connectivity index (χ3n) is 2.61. The molecule has 0 bridgehead atoms. The van der Waals surface area contributed by atoms with Gasteiger partial charge in [-0.1, -0.05) is 27.4 Å². The lowest BCUT2D eigenvalue weighted by Gasteiger charge is -2.34. The van der Waals surface area contributed by atoms with Crippen molar-refractivity contribution in [3.63, 3.8) is 0 Å². The fourth-order valence-electron chi connectivity index (χ4n) is 1.51. The van der Waals surface area contributed by atoms with Gasteiger partial charge in [-0.25, -0.2) is 4.39 Å². The monoisotopic (exact) mass is 273 g/mol. The molecule has 0 radical (unpaired) electrons. The van der Waals surface area contributed by atoms with Gasteiger partial charge < -0.3 is 15.2 Å². The van der Waals surface area contributed by atoms with Crippen molar-refractivity contribution in [2.45, 2.75) is 66.9 Å². The van der Waals surface area contributed by atoms with Crippen LogP contribution in [0, 0.1) is 5.41 Å². The predicted molar refractivity (Wildman–Crippen MR) is 77.0 cm³/mol. The minimum atomic E-state index is -1.68. The minimum Gasteiger partial charge on any atom is -0.349 e. The second-order valence-electron chi connectivity index (χ2n) is 6.99. The molecule has 0 aromatic rings. The molecule has 4 heteroatoms. The van der Waals surface area contributed by atoms with Gasteiger partial charge in [0.1, 0.15) is 5.83 Å². The van der Waals surface area contributed by atoms with E-state index in [1.807, 2.05) is 20.8 Å². The fraction of sp³-hybridized carbons (Fsp3) is 0.733. The Kier molecular flexibility index (Phi) is 5.37. The largest absolute Gasteiger partial charge is 0.349 e. The molecule has 0 aliphatic rings. The number of nitrogens with one attached hydrogen (secondary N) is 1. The summed E-state index contributed by atoms with van der Waals surface area (Å²) in [5, 5.41) is 12.6. The van der Waals surface area contributed by atoms with Gasteiger partial charge in [-0.3, -0.25) is 0 Å². The fourth-order valence-corrected chi connectivity index (χ4v) is 1.51. The lowest BCUT2D eigenvalue weighted by atomic mass is 9.86. The number of aliphatic hydroxyl groups is 1. The average Bonchev–Trinajstić information content (AvgIpc) is 2.08. The van der Waals surface area contributed by atoms with Gasteiger partial charge in [0, 0.05) is 6.92 Å². The topological polar surface area (TPSA) is 41.5 Å². The molecule has 1 unspecified atom stereocenters. The normalized spacial score (nSPS) is 17.6. The third-order valence-corrected chi connectivity index (χ3v) is 2.61. The van der Waals surface area contributed by atoms with Gasteiger partial charge in [0.25, 0.3) is 0 Å². The van der Waals surface area contributed by atoms with Gasteiger partial charge in [0.05, 0.1) is 11.3 Å². The molecule has 0 saturated heterocycles. The molecule has 0 rings (SSSR count). The van der Waals surface area contributed by atoms with Crippen LogP contribution in [0.25, 0.3) is 0 Å². The van der Waals surface area contributed by atoms with Crippen molar-refractivity contribution in [3.05, 3.63) is 23.7 Å². The van der Waals surface area contributed by atoms with Gasteiger partial charge in [-0.15, -0.1) is 0 Å². The highest BCUT2D eigenvalue weighted by molar-refractivity contribution is 5.28. The molecule has 3 nitrogen and oxygen atoms in total. The Morgan fingerprint density at radius 2 is 1.53 bits per heavy atom. The molecule has 0 aliphatic carbocycles. The van der Waals surface area contributed by atoms with Crippen LogP contribution in [0.15, 0.2) is 23.7 Å². The summed E-state index contributed by atoms with van der Waals surface area (Å²) >= 11 is 0. The second kappa shape index (κ2) is 5.63. The summed E-state index contributed by atoms with van der Waals surface area (Å²) < 4.78 is 19.6. The first-order chi connectivity index (χ1) is 8.16. The van der Waals surface area contributed by atoms with Crippen molar-refractivity contribution in [3.8, 4) is 0 Å². The smallest absolute Gasteiger partial charge is 0.244 e. The molecule has 1 atom stereocenters. The number of halogens is 1. The van der Waals surface area contributed by atoms with E-state index < -0.39 is 17.3 Å². The zero-order valence-corrected chi connectivity index (χ0v) is 13.4. The van der Waals surface area contributed by atoms with Crippen LogP contribution in [0.1, 0.15) is 55.4 Å². The number of hydrogen-bond donors (Lipinski definition) is 2. The molecular weight excluding hydrogens is 245 g/mol. The second-order valence-corrected chi connectivity index (χ2v) is 6.99. The van der Waals surface area contributed by atoms with Crippen LogP contribution in [0.3, 0.4) is 0 Å². The standard InChI is InChI=1S/C15H28FNO2/c1-10(13(3,4)5)12(16)11(2)17-15(9,18)19-14(6,7)8/h17-18H,2H2,1,3-9H3/b12-10-. The molecule has 0 amide bonds. The van der Waals surface area contributed by atoms with E-state index in [9.17, 15) is 9.50 Å². The zero-order chi connectivity index (χ0) is 15.6. The highest BCUT2D eigenvalue weighted by Gasteiger charge is 2.30. The third kappa shape index (κ3) is 6.73. The molecule has 2 N–H and O–H groups in total. The van der Waals surface area contributed by atoms with Gasteiger partial charge >= 0.3 is 0 Å². The van der Waals surface area contributed by atoms with Crippen molar-refractivity contribution < 1.29 is 14.2 Å². The Morgan fingerprint density at radius 1 is 1.11 bits per heavy atom. The van der Waals surface area contributed by atoms with E-state index in [2.05, 4.69) is 11.9 Å². The average molecular weight is 273 g/mol. The first-order valence-corrected chi connectivity index (χ1v) is 6.42. The van der Waals surface area contributed by atoms with Crippen LogP contribution in [0.2, 0.25) is 0 Å². The molecule has 19 heavy (non-hydrogen) atoms. The highest BCUT2D eigenvalue weighted by atomic mass is 19.1. The quantitative estimate of drug-likeness (QED) is 0.603. The van der Waals surface area contributed by atoms with Gasteiger partial charge in [0.2, 0.25) is 5.91 Å². The lowest BCUT2D eigenvalue weighted by Crippen LogP contribution is -2.48.